The smallest absolute Gasteiger partial charge is 0.126 e. The molecule has 2 aromatic rings. The van der Waals surface area contributed by atoms with Gasteiger partial charge in [-0.3, -0.25) is 0 Å². The highest BCUT2D eigenvalue weighted by Gasteiger charge is 2.14. The summed E-state index contributed by atoms with van der Waals surface area (Å²) in [5, 5.41) is 0. The summed E-state index contributed by atoms with van der Waals surface area (Å²) in [6, 6.07) is 13.8. The molecule has 0 fully saturated rings. The van der Waals surface area contributed by atoms with Crippen molar-refractivity contribution in [1.82, 2.24) is 0 Å². The zero-order valence-corrected chi connectivity index (χ0v) is 14.2. The van der Waals surface area contributed by atoms with Crippen molar-refractivity contribution in [2.24, 2.45) is 0 Å². The average molecular weight is 312 g/mol. The van der Waals surface area contributed by atoms with Crippen LogP contribution < -0.4 is 14.2 Å². The number of hydrogen-bond acceptors (Lipinski definition) is 3. The highest BCUT2D eigenvalue weighted by atomic mass is 16.5. The molecule has 0 unspecified atom stereocenters. The first kappa shape index (κ1) is 16.9. The molecule has 0 aliphatic rings. The minimum absolute atomic E-state index is 0.333. The molecule has 0 atom stereocenters. The third kappa shape index (κ3) is 4.52. The van der Waals surface area contributed by atoms with E-state index in [0.717, 1.165) is 28.4 Å². The van der Waals surface area contributed by atoms with E-state index in [1.165, 1.54) is 0 Å². The van der Waals surface area contributed by atoms with E-state index in [1.807, 2.05) is 54.6 Å². The van der Waals surface area contributed by atoms with Crippen molar-refractivity contribution in [2.75, 3.05) is 20.8 Å². The van der Waals surface area contributed by atoms with Gasteiger partial charge in [-0.15, -0.1) is 0 Å². The summed E-state index contributed by atoms with van der Waals surface area (Å²) in [5.41, 5.74) is 2.12. The number of para-hydroxylation sites is 1. The van der Waals surface area contributed by atoms with Crippen molar-refractivity contribution in [1.29, 1.82) is 0 Å². The molecule has 0 saturated carbocycles. The maximum Gasteiger partial charge on any atom is 0.126 e. The summed E-state index contributed by atoms with van der Waals surface area (Å²) in [6.07, 6.45) is 3.99. The average Bonchev–Trinajstić information content (AvgIpc) is 2.58. The zero-order chi connectivity index (χ0) is 16.7. The van der Waals surface area contributed by atoms with Gasteiger partial charge in [-0.2, -0.15) is 0 Å². The molecule has 2 aromatic carbocycles. The topological polar surface area (TPSA) is 27.7 Å². The van der Waals surface area contributed by atoms with Gasteiger partial charge in [0.1, 0.15) is 23.9 Å². The van der Waals surface area contributed by atoms with Gasteiger partial charge in [-0.25, -0.2) is 0 Å². The van der Waals surface area contributed by atoms with E-state index in [9.17, 15) is 0 Å². The molecule has 122 valence electrons. The number of ether oxygens (including phenoxy) is 3. The molecule has 0 aliphatic carbocycles. The fourth-order valence-electron chi connectivity index (χ4n) is 2.47. The molecule has 0 N–H and O–H groups in total. The van der Waals surface area contributed by atoms with Crippen molar-refractivity contribution < 1.29 is 14.2 Å². The highest BCUT2D eigenvalue weighted by molar-refractivity contribution is 5.59. The van der Waals surface area contributed by atoms with E-state index in [-0.39, 0.29) is 0 Å². The van der Waals surface area contributed by atoms with Crippen LogP contribution in [0.25, 0.3) is 6.08 Å². The van der Waals surface area contributed by atoms with Gasteiger partial charge in [0.2, 0.25) is 0 Å². The SMILES string of the molecule is COc1cc(/C=C/COc2ccccc2)cc(OC)c1C(C)C. The van der Waals surface area contributed by atoms with Crippen LogP contribution in [0, 0.1) is 0 Å². The van der Waals surface area contributed by atoms with Crippen LogP contribution in [0.2, 0.25) is 0 Å². The summed E-state index contributed by atoms with van der Waals surface area (Å²) in [6.45, 7) is 4.77. The molecule has 0 saturated heterocycles. The lowest BCUT2D eigenvalue weighted by Crippen LogP contribution is -1.99. The van der Waals surface area contributed by atoms with E-state index in [2.05, 4.69) is 13.8 Å². The van der Waals surface area contributed by atoms with Gasteiger partial charge >= 0.3 is 0 Å². The van der Waals surface area contributed by atoms with Crippen LogP contribution in [-0.4, -0.2) is 20.8 Å². The Morgan fingerprint density at radius 1 is 0.957 bits per heavy atom. The molecule has 0 aromatic heterocycles. The zero-order valence-electron chi connectivity index (χ0n) is 14.2. The third-order valence-electron chi connectivity index (χ3n) is 3.54. The molecule has 0 spiro atoms. The summed E-state index contributed by atoms with van der Waals surface area (Å²) in [4.78, 5) is 0. The van der Waals surface area contributed by atoms with E-state index >= 15 is 0 Å². The Morgan fingerprint density at radius 3 is 2.09 bits per heavy atom. The first-order valence-electron chi connectivity index (χ1n) is 7.76. The second-order valence-electron chi connectivity index (χ2n) is 5.52. The van der Waals surface area contributed by atoms with Gasteiger partial charge in [0.15, 0.2) is 0 Å². The van der Waals surface area contributed by atoms with Crippen LogP contribution in [0.3, 0.4) is 0 Å². The lowest BCUT2D eigenvalue weighted by atomic mass is 9.98. The van der Waals surface area contributed by atoms with Crippen molar-refractivity contribution in [2.45, 2.75) is 19.8 Å². The number of hydrogen-bond donors (Lipinski definition) is 0. The summed E-state index contributed by atoms with van der Waals surface area (Å²) >= 11 is 0. The third-order valence-corrected chi connectivity index (χ3v) is 3.54. The molecule has 3 nitrogen and oxygen atoms in total. The van der Waals surface area contributed by atoms with E-state index in [1.54, 1.807) is 14.2 Å². The summed E-state index contributed by atoms with van der Waals surface area (Å²) < 4.78 is 16.7. The van der Waals surface area contributed by atoms with Crippen LogP contribution in [-0.2, 0) is 0 Å². The van der Waals surface area contributed by atoms with Gasteiger partial charge in [0, 0.05) is 5.56 Å². The first-order chi connectivity index (χ1) is 11.2. The van der Waals surface area contributed by atoms with Crippen molar-refractivity contribution >= 4 is 6.08 Å². The molecular weight excluding hydrogens is 288 g/mol. The number of benzene rings is 2. The largest absolute Gasteiger partial charge is 0.496 e. The van der Waals surface area contributed by atoms with Gasteiger partial charge in [0.25, 0.3) is 0 Å². The van der Waals surface area contributed by atoms with E-state index in [4.69, 9.17) is 14.2 Å². The van der Waals surface area contributed by atoms with Gasteiger partial charge < -0.3 is 14.2 Å². The monoisotopic (exact) mass is 312 g/mol. The fourth-order valence-corrected chi connectivity index (χ4v) is 2.47. The predicted molar refractivity (Wildman–Crippen MR) is 94.6 cm³/mol. The van der Waals surface area contributed by atoms with Crippen molar-refractivity contribution in [3.05, 3.63) is 59.7 Å². The normalized spacial score (nSPS) is 11.0. The molecule has 2 rings (SSSR count). The number of rotatable bonds is 7. The molecular formula is C20H24O3. The van der Waals surface area contributed by atoms with Gasteiger partial charge in [-0.05, 0) is 41.8 Å². The van der Waals surface area contributed by atoms with E-state index < -0.39 is 0 Å². The molecule has 3 heteroatoms. The standard InChI is InChI=1S/C20H24O3/c1-15(2)20-18(21-3)13-16(14-19(20)22-4)9-8-12-23-17-10-6-5-7-11-17/h5-11,13-15H,12H2,1-4H3/b9-8+. The minimum Gasteiger partial charge on any atom is -0.496 e. The number of methoxy groups -OCH3 is 2. The van der Waals surface area contributed by atoms with Crippen molar-refractivity contribution in [3.8, 4) is 17.2 Å². The predicted octanol–water partition coefficient (Wildman–Crippen LogP) is 4.92. The molecule has 0 amide bonds. The van der Waals surface area contributed by atoms with E-state index in [0.29, 0.717) is 12.5 Å². The van der Waals surface area contributed by atoms with Gasteiger partial charge in [-0.1, -0.05) is 38.1 Å². The molecule has 0 bridgehead atoms. The Kier molecular flexibility index (Phi) is 6.10. The lowest BCUT2D eigenvalue weighted by molar-refractivity contribution is 0.363. The van der Waals surface area contributed by atoms with Crippen LogP contribution >= 0.6 is 0 Å². The molecule has 23 heavy (non-hydrogen) atoms. The highest BCUT2D eigenvalue weighted by Crippen LogP contribution is 2.36. The summed E-state index contributed by atoms with van der Waals surface area (Å²) in [7, 11) is 3.37. The second kappa shape index (κ2) is 8.28. The molecule has 0 heterocycles. The van der Waals surface area contributed by atoms with Gasteiger partial charge in [0.05, 0.1) is 14.2 Å². The lowest BCUT2D eigenvalue weighted by Gasteiger charge is -2.17. The Balaban J connectivity index is 2.12. The Hall–Kier alpha value is -2.42. The van der Waals surface area contributed by atoms with Crippen LogP contribution in [0.5, 0.6) is 17.2 Å². The first-order valence-corrected chi connectivity index (χ1v) is 7.76. The summed E-state index contributed by atoms with van der Waals surface area (Å²) in [5.74, 6) is 2.90. The Morgan fingerprint density at radius 2 is 1.57 bits per heavy atom. The second-order valence-corrected chi connectivity index (χ2v) is 5.52. The van der Waals surface area contributed by atoms with Crippen LogP contribution in [0.1, 0.15) is 30.9 Å². The Labute approximate surface area is 138 Å². The molecule has 0 aliphatic heterocycles. The van der Waals surface area contributed by atoms with Crippen LogP contribution in [0.15, 0.2) is 48.5 Å². The van der Waals surface area contributed by atoms with Crippen molar-refractivity contribution in [3.63, 3.8) is 0 Å². The quantitative estimate of drug-likeness (QED) is 0.726. The maximum atomic E-state index is 5.65. The maximum absolute atomic E-state index is 5.65. The van der Waals surface area contributed by atoms with Crippen LogP contribution in [0.4, 0.5) is 0 Å². The Bertz CT molecular complexity index is 620. The molecule has 0 radical (unpaired) electrons. The minimum atomic E-state index is 0.333. The fraction of sp³-hybridized carbons (Fsp3) is 0.300.